The van der Waals surface area contributed by atoms with E-state index in [9.17, 15) is 9.59 Å². The first-order chi connectivity index (χ1) is 11.0. The molecule has 0 aliphatic carbocycles. The number of hydrogen-bond acceptors (Lipinski definition) is 5. The smallest absolute Gasteiger partial charge is 0.255 e. The van der Waals surface area contributed by atoms with Gasteiger partial charge in [0.05, 0.1) is 28.6 Å². The second kappa shape index (κ2) is 6.22. The summed E-state index contributed by atoms with van der Waals surface area (Å²) in [7, 11) is 0. The summed E-state index contributed by atoms with van der Waals surface area (Å²) in [6, 6.07) is 0. The number of ether oxygens (including phenoxy) is 1. The van der Waals surface area contributed by atoms with Crippen molar-refractivity contribution in [2.24, 2.45) is 5.73 Å². The van der Waals surface area contributed by atoms with Crippen LogP contribution >= 0.6 is 11.3 Å². The fraction of sp³-hybridized carbons (Fsp3) is 0.529. The molecule has 2 amide bonds. The molecule has 0 spiro atoms. The third-order valence-corrected chi connectivity index (χ3v) is 5.44. The molecule has 0 saturated heterocycles. The van der Waals surface area contributed by atoms with E-state index in [0.29, 0.717) is 23.4 Å². The molecule has 0 saturated carbocycles. The zero-order chi connectivity index (χ0) is 18.3. The molecule has 0 fully saturated rings. The van der Waals surface area contributed by atoms with Crippen molar-refractivity contribution >= 4 is 28.2 Å². The van der Waals surface area contributed by atoms with E-state index in [0.717, 1.165) is 16.7 Å². The Hall–Kier alpha value is -1.86. The van der Waals surface area contributed by atoms with Crippen LogP contribution in [0.3, 0.4) is 0 Å². The van der Waals surface area contributed by atoms with Crippen molar-refractivity contribution in [3.8, 4) is 0 Å². The number of carbonyl (C=O) groups excluding carboxylic acids is 2. The first kappa shape index (κ1) is 18.5. The van der Waals surface area contributed by atoms with Crippen molar-refractivity contribution < 1.29 is 19.4 Å². The van der Waals surface area contributed by atoms with E-state index in [1.807, 2.05) is 27.7 Å². The van der Waals surface area contributed by atoms with E-state index in [1.165, 1.54) is 11.3 Å². The van der Waals surface area contributed by atoms with Crippen LogP contribution in [0, 0.1) is 0 Å². The fourth-order valence-corrected chi connectivity index (χ4v) is 4.42. The summed E-state index contributed by atoms with van der Waals surface area (Å²) >= 11 is 1.30. The van der Waals surface area contributed by atoms with Gasteiger partial charge in [0.1, 0.15) is 5.00 Å². The molecule has 1 aliphatic heterocycles. The lowest BCUT2D eigenvalue weighted by Crippen LogP contribution is -2.42. The monoisotopic (exact) mass is 352 g/mol. The van der Waals surface area contributed by atoms with Crippen molar-refractivity contribution in [2.45, 2.75) is 58.7 Å². The topological polar surface area (TPSA) is 102 Å². The molecule has 2 heterocycles. The van der Waals surface area contributed by atoms with E-state index in [1.54, 1.807) is 6.92 Å². The molecule has 6 nitrogen and oxygen atoms in total. The molecule has 0 aromatic carbocycles. The SMILES string of the molecule is CCC(=CO)C(=O)Nc1sc2c(c1C(N)=O)CC(C)(C)OC2(C)C. The van der Waals surface area contributed by atoms with Gasteiger partial charge in [-0.05, 0) is 39.7 Å². The summed E-state index contributed by atoms with van der Waals surface area (Å²) in [5, 5.41) is 12.2. The molecule has 4 N–H and O–H groups in total. The number of thiophene rings is 1. The average Bonchev–Trinajstić information content (AvgIpc) is 2.76. The molecule has 7 heteroatoms. The first-order valence-corrected chi connectivity index (χ1v) is 8.64. The van der Waals surface area contributed by atoms with Gasteiger partial charge >= 0.3 is 0 Å². The molecule has 132 valence electrons. The Kier molecular flexibility index (Phi) is 4.79. The van der Waals surface area contributed by atoms with Gasteiger partial charge in [0.15, 0.2) is 0 Å². The molecule has 24 heavy (non-hydrogen) atoms. The summed E-state index contributed by atoms with van der Waals surface area (Å²) in [5.74, 6) is -1.03. The lowest BCUT2D eigenvalue weighted by molar-refractivity contribution is -0.135. The van der Waals surface area contributed by atoms with E-state index in [2.05, 4.69) is 5.32 Å². The van der Waals surface area contributed by atoms with Crippen LogP contribution in [0.2, 0.25) is 0 Å². The number of aliphatic hydroxyl groups is 1. The number of anilines is 1. The van der Waals surface area contributed by atoms with Gasteiger partial charge in [-0.25, -0.2) is 0 Å². The summed E-state index contributed by atoms with van der Waals surface area (Å²) in [6.07, 6.45) is 1.69. The molecule has 1 aliphatic rings. The number of carbonyl (C=O) groups is 2. The highest BCUT2D eigenvalue weighted by Gasteiger charge is 2.42. The number of nitrogens with one attached hydrogen (secondary N) is 1. The lowest BCUT2D eigenvalue weighted by atomic mass is 9.86. The van der Waals surface area contributed by atoms with Crippen LogP contribution in [0.25, 0.3) is 0 Å². The normalized spacial score (nSPS) is 18.8. The number of nitrogens with two attached hydrogens (primary N) is 1. The highest BCUT2D eigenvalue weighted by Crippen LogP contribution is 2.48. The van der Waals surface area contributed by atoms with E-state index in [-0.39, 0.29) is 5.57 Å². The van der Waals surface area contributed by atoms with Crippen LogP contribution in [-0.4, -0.2) is 22.5 Å². The standard InChI is InChI=1S/C17H24N2O4S/c1-6-9(8-20)14(22)19-15-11(13(18)21)10-7-16(2,3)23-17(4,5)12(10)24-15/h8,20H,6-7H2,1-5H3,(H2,18,21)(H,19,22). The number of aliphatic hydroxyl groups excluding tert-OH is 1. The van der Waals surface area contributed by atoms with Gasteiger partial charge < -0.3 is 20.9 Å². The van der Waals surface area contributed by atoms with Crippen LogP contribution < -0.4 is 11.1 Å². The molecular formula is C17H24N2O4S. The third kappa shape index (κ3) is 3.32. The largest absolute Gasteiger partial charge is 0.515 e. The van der Waals surface area contributed by atoms with Crippen molar-refractivity contribution in [3.05, 3.63) is 27.8 Å². The van der Waals surface area contributed by atoms with Gasteiger partial charge in [-0.2, -0.15) is 0 Å². The van der Waals surface area contributed by atoms with Crippen LogP contribution in [-0.2, 0) is 21.6 Å². The minimum absolute atomic E-state index is 0.229. The van der Waals surface area contributed by atoms with Crippen LogP contribution in [0.5, 0.6) is 0 Å². The van der Waals surface area contributed by atoms with Crippen LogP contribution in [0.4, 0.5) is 5.00 Å². The zero-order valence-electron chi connectivity index (χ0n) is 14.6. The Morgan fingerprint density at radius 3 is 2.50 bits per heavy atom. The molecule has 1 aromatic rings. The maximum atomic E-state index is 12.2. The van der Waals surface area contributed by atoms with Gasteiger partial charge in [0.2, 0.25) is 0 Å². The van der Waals surface area contributed by atoms with Crippen molar-refractivity contribution in [2.75, 3.05) is 5.32 Å². The number of amides is 2. The quantitative estimate of drug-likeness (QED) is 0.572. The Balaban J connectivity index is 2.54. The van der Waals surface area contributed by atoms with E-state index < -0.39 is 23.0 Å². The van der Waals surface area contributed by atoms with Crippen molar-refractivity contribution in [1.29, 1.82) is 0 Å². The second-order valence-corrected chi connectivity index (χ2v) is 8.01. The maximum Gasteiger partial charge on any atom is 0.255 e. The molecule has 0 radical (unpaired) electrons. The molecule has 2 rings (SSSR count). The molecular weight excluding hydrogens is 328 g/mol. The molecule has 1 aromatic heterocycles. The van der Waals surface area contributed by atoms with Gasteiger partial charge in [-0.15, -0.1) is 11.3 Å². The number of rotatable bonds is 4. The number of hydrogen-bond donors (Lipinski definition) is 3. The second-order valence-electron chi connectivity index (χ2n) is 6.99. The maximum absolute atomic E-state index is 12.2. The predicted octanol–water partition coefficient (Wildman–Crippen LogP) is 3.22. The van der Waals surface area contributed by atoms with Gasteiger partial charge in [-0.3, -0.25) is 9.59 Å². The summed E-state index contributed by atoms with van der Waals surface area (Å²) in [5.41, 5.74) is 5.95. The van der Waals surface area contributed by atoms with Crippen LogP contribution in [0.15, 0.2) is 11.8 Å². The Morgan fingerprint density at radius 2 is 2.00 bits per heavy atom. The van der Waals surface area contributed by atoms with Crippen molar-refractivity contribution in [3.63, 3.8) is 0 Å². The minimum atomic E-state index is -0.588. The summed E-state index contributed by atoms with van der Waals surface area (Å²) < 4.78 is 6.12. The Labute approximate surface area is 145 Å². The minimum Gasteiger partial charge on any atom is -0.515 e. The average molecular weight is 352 g/mol. The fourth-order valence-electron chi connectivity index (χ4n) is 3.16. The van der Waals surface area contributed by atoms with Gasteiger partial charge in [0, 0.05) is 11.3 Å². The zero-order valence-corrected chi connectivity index (χ0v) is 15.5. The molecule has 0 unspecified atom stereocenters. The Morgan fingerprint density at radius 1 is 1.38 bits per heavy atom. The highest BCUT2D eigenvalue weighted by atomic mass is 32.1. The van der Waals surface area contributed by atoms with E-state index in [4.69, 9.17) is 15.6 Å². The molecule has 0 bridgehead atoms. The van der Waals surface area contributed by atoms with Crippen molar-refractivity contribution in [1.82, 2.24) is 0 Å². The molecule has 0 atom stereocenters. The highest BCUT2D eigenvalue weighted by molar-refractivity contribution is 7.17. The first-order valence-electron chi connectivity index (χ1n) is 7.83. The number of fused-ring (bicyclic) bond motifs is 1. The summed E-state index contributed by atoms with van der Waals surface area (Å²) in [4.78, 5) is 25.2. The van der Waals surface area contributed by atoms with Gasteiger partial charge in [0.25, 0.3) is 11.8 Å². The van der Waals surface area contributed by atoms with E-state index >= 15 is 0 Å². The predicted molar refractivity (Wildman–Crippen MR) is 94.4 cm³/mol. The number of primary amides is 1. The Bertz CT molecular complexity index is 716. The third-order valence-electron chi connectivity index (χ3n) is 3.99. The summed E-state index contributed by atoms with van der Waals surface area (Å²) in [6.45, 7) is 9.55. The lowest BCUT2D eigenvalue weighted by Gasteiger charge is -2.41. The van der Waals surface area contributed by atoms with Gasteiger partial charge in [-0.1, -0.05) is 6.92 Å². The van der Waals surface area contributed by atoms with Crippen LogP contribution in [0.1, 0.15) is 61.8 Å².